The van der Waals surface area contributed by atoms with Gasteiger partial charge in [0.05, 0.1) is 18.3 Å². The molecule has 126 valence electrons. The number of fused-ring (bicyclic) bond motifs is 2. The molecule has 7 heteroatoms. The van der Waals surface area contributed by atoms with E-state index in [4.69, 9.17) is 4.74 Å². The van der Waals surface area contributed by atoms with Crippen LogP contribution in [0.2, 0.25) is 0 Å². The third-order valence-corrected chi connectivity index (χ3v) is 4.94. The molecular formula is C17H19N3O4. The van der Waals surface area contributed by atoms with Gasteiger partial charge in [-0.1, -0.05) is 17.7 Å². The number of nitrogens with zero attached hydrogens (tertiary/aromatic N) is 1. The van der Waals surface area contributed by atoms with Crippen molar-refractivity contribution in [3.8, 4) is 0 Å². The Morgan fingerprint density at radius 1 is 1.29 bits per heavy atom. The summed E-state index contributed by atoms with van der Waals surface area (Å²) in [6.07, 6.45) is 2.93. The fraction of sp³-hybridized carbons (Fsp3) is 0.471. The average Bonchev–Trinajstić information content (AvgIpc) is 2.98. The van der Waals surface area contributed by atoms with Crippen LogP contribution in [0.5, 0.6) is 0 Å². The van der Waals surface area contributed by atoms with Crippen LogP contribution in [0.25, 0.3) is 0 Å². The molecule has 0 bridgehead atoms. The Morgan fingerprint density at radius 2 is 2.12 bits per heavy atom. The van der Waals surface area contributed by atoms with E-state index < -0.39 is 23.4 Å². The van der Waals surface area contributed by atoms with Crippen LogP contribution in [-0.2, 0) is 19.9 Å². The maximum absolute atomic E-state index is 13.1. The van der Waals surface area contributed by atoms with Gasteiger partial charge in [-0.05, 0) is 32.3 Å². The van der Waals surface area contributed by atoms with Gasteiger partial charge in [-0.25, -0.2) is 4.79 Å². The van der Waals surface area contributed by atoms with Crippen molar-refractivity contribution in [3.63, 3.8) is 0 Å². The fourth-order valence-electron chi connectivity index (χ4n) is 3.74. The minimum atomic E-state index is -1.65. The van der Waals surface area contributed by atoms with E-state index in [1.54, 1.807) is 11.0 Å². The van der Waals surface area contributed by atoms with Crippen molar-refractivity contribution in [2.24, 2.45) is 0 Å². The predicted octanol–water partition coefficient (Wildman–Crippen LogP) is 0.945. The van der Waals surface area contributed by atoms with Crippen LogP contribution in [0.1, 0.15) is 30.4 Å². The summed E-state index contributed by atoms with van der Waals surface area (Å²) in [5, 5.41) is 4.74. The summed E-state index contributed by atoms with van der Waals surface area (Å²) in [7, 11) is 0. The number of rotatable bonds is 2. The number of carbonyl (C=O) groups excluding carboxylic acids is 3. The van der Waals surface area contributed by atoms with Crippen molar-refractivity contribution in [1.82, 2.24) is 10.6 Å². The van der Waals surface area contributed by atoms with Gasteiger partial charge in [-0.3, -0.25) is 14.9 Å². The highest BCUT2D eigenvalue weighted by Crippen LogP contribution is 2.42. The quantitative estimate of drug-likeness (QED) is 0.624. The standard InChI is InChI=1S/C17H19N3O4/c1-10-5-6-13-12(8-10)17(14(21)18-16(23)19-17)15(22)20(13)9-11-4-2-3-7-24-11/h5-6,8,11H,2-4,7,9H2,1H3,(H2,18,19,21,23). The molecule has 4 amide bonds. The summed E-state index contributed by atoms with van der Waals surface area (Å²) < 4.78 is 5.74. The number of hydrogen-bond donors (Lipinski definition) is 2. The van der Waals surface area contributed by atoms with Gasteiger partial charge < -0.3 is 15.0 Å². The number of ether oxygens (including phenoxy) is 1. The second-order valence-corrected chi connectivity index (χ2v) is 6.58. The first-order chi connectivity index (χ1) is 11.5. The highest BCUT2D eigenvalue weighted by molar-refractivity contribution is 6.27. The SMILES string of the molecule is Cc1ccc2c(c1)C1(NC(=O)NC1=O)C(=O)N2CC1CCCCO1. The maximum atomic E-state index is 13.1. The van der Waals surface area contributed by atoms with E-state index in [0.717, 1.165) is 24.8 Å². The first-order valence-electron chi connectivity index (χ1n) is 8.20. The summed E-state index contributed by atoms with van der Waals surface area (Å²) in [4.78, 5) is 38.9. The molecule has 2 N–H and O–H groups in total. The largest absolute Gasteiger partial charge is 0.376 e. The number of urea groups is 1. The third kappa shape index (κ3) is 2.04. The topological polar surface area (TPSA) is 87.7 Å². The van der Waals surface area contributed by atoms with Gasteiger partial charge in [-0.2, -0.15) is 0 Å². The Bertz CT molecular complexity index is 741. The molecule has 7 nitrogen and oxygen atoms in total. The van der Waals surface area contributed by atoms with E-state index in [1.807, 2.05) is 19.1 Å². The van der Waals surface area contributed by atoms with Gasteiger partial charge in [0.1, 0.15) is 0 Å². The van der Waals surface area contributed by atoms with Gasteiger partial charge in [-0.15, -0.1) is 0 Å². The molecule has 2 unspecified atom stereocenters. The summed E-state index contributed by atoms with van der Waals surface area (Å²) in [5.74, 6) is -1.03. The second-order valence-electron chi connectivity index (χ2n) is 6.58. The molecule has 0 aliphatic carbocycles. The van der Waals surface area contributed by atoms with Crippen LogP contribution >= 0.6 is 0 Å². The molecule has 3 aliphatic rings. The molecule has 0 radical (unpaired) electrons. The number of amides is 4. The van der Waals surface area contributed by atoms with Gasteiger partial charge in [0.25, 0.3) is 11.8 Å². The lowest BCUT2D eigenvalue weighted by Crippen LogP contribution is -2.53. The molecule has 2 fully saturated rings. The summed E-state index contributed by atoms with van der Waals surface area (Å²) in [5.41, 5.74) is 0.474. The Balaban J connectivity index is 1.76. The highest BCUT2D eigenvalue weighted by atomic mass is 16.5. The van der Waals surface area contributed by atoms with Crippen LogP contribution in [-0.4, -0.2) is 37.1 Å². The predicted molar refractivity (Wildman–Crippen MR) is 85.5 cm³/mol. The molecule has 24 heavy (non-hydrogen) atoms. The lowest BCUT2D eigenvalue weighted by Gasteiger charge is -2.28. The van der Waals surface area contributed by atoms with E-state index >= 15 is 0 Å². The number of aryl methyl sites for hydroxylation is 1. The monoisotopic (exact) mass is 329 g/mol. The number of benzene rings is 1. The summed E-state index contributed by atoms with van der Waals surface area (Å²) >= 11 is 0. The number of carbonyl (C=O) groups is 3. The van der Waals surface area contributed by atoms with Crippen LogP contribution in [0.4, 0.5) is 10.5 Å². The van der Waals surface area contributed by atoms with Crippen LogP contribution in [0.3, 0.4) is 0 Å². The van der Waals surface area contributed by atoms with E-state index in [-0.39, 0.29) is 6.10 Å². The van der Waals surface area contributed by atoms with Gasteiger partial charge in [0, 0.05) is 12.2 Å². The highest BCUT2D eigenvalue weighted by Gasteiger charge is 2.61. The minimum Gasteiger partial charge on any atom is -0.376 e. The van der Waals surface area contributed by atoms with Gasteiger partial charge in [0.2, 0.25) is 5.54 Å². The van der Waals surface area contributed by atoms with Crippen molar-refractivity contribution in [3.05, 3.63) is 29.3 Å². The molecule has 4 rings (SSSR count). The molecule has 2 saturated heterocycles. The van der Waals surface area contributed by atoms with Crippen molar-refractivity contribution in [2.75, 3.05) is 18.1 Å². The first-order valence-corrected chi connectivity index (χ1v) is 8.20. The number of nitrogens with one attached hydrogen (secondary N) is 2. The third-order valence-electron chi connectivity index (χ3n) is 4.94. The molecule has 1 aromatic carbocycles. The Kier molecular flexibility index (Phi) is 3.35. The van der Waals surface area contributed by atoms with Gasteiger partial charge >= 0.3 is 6.03 Å². The number of hydrogen-bond acceptors (Lipinski definition) is 4. The molecule has 0 saturated carbocycles. The smallest absolute Gasteiger partial charge is 0.323 e. The van der Waals surface area contributed by atoms with Crippen molar-refractivity contribution < 1.29 is 19.1 Å². The molecule has 1 spiro atoms. The maximum Gasteiger partial charge on any atom is 0.323 e. The van der Waals surface area contributed by atoms with Crippen LogP contribution < -0.4 is 15.5 Å². The summed E-state index contributed by atoms with van der Waals surface area (Å²) in [6, 6.07) is 4.88. The molecule has 1 aromatic rings. The average molecular weight is 329 g/mol. The number of anilines is 1. The second kappa shape index (κ2) is 5.31. The normalized spacial score (nSPS) is 29.0. The van der Waals surface area contributed by atoms with Crippen molar-refractivity contribution in [2.45, 2.75) is 37.8 Å². The van der Waals surface area contributed by atoms with E-state index in [2.05, 4.69) is 10.6 Å². The zero-order chi connectivity index (χ0) is 16.9. The van der Waals surface area contributed by atoms with Gasteiger partial charge in [0.15, 0.2) is 0 Å². The van der Waals surface area contributed by atoms with Crippen LogP contribution in [0, 0.1) is 6.92 Å². The Labute approximate surface area is 139 Å². The van der Waals surface area contributed by atoms with Crippen LogP contribution in [0.15, 0.2) is 18.2 Å². The first kappa shape index (κ1) is 15.1. The fourth-order valence-corrected chi connectivity index (χ4v) is 3.74. The molecule has 3 heterocycles. The van der Waals surface area contributed by atoms with Crippen molar-refractivity contribution >= 4 is 23.5 Å². The Hall–Kier alpha value is -2.41. The lowest BCUT2D eigenvalue weighted by molar-refractivity contribution is -0.134. The van der Waals surface area contributed by atoms with E-state index in [1.165, 1.54) is 0 Å². The zero-order valence-corrected chi connectivity index (χ0v) is 13.4. The molecule has 2 atom stereocenters. The summed E-state index contributed by atoms with van der Waals surface area (Å²) in [6.45, 7) is 2.97. The molecular weight excluding hydrogens is 310 g/mol. The Morgan fingerprint density at radius 3 is 2.79 bits per heavy atom. The molecule has 3 aliphatic heterocycles. The van der Waals surface area contributed by atoms with E-state index in [0.29, 0.717) is 24.4 Å². The number of imide groups is 1. The van der Waals surface area contributed by atoms with E-state index in [9.17, 15) is 14.4 Å². The lowest BCUT2D eigenvalue weighted by atomic mass is 9.90. The van der Waals surface area contributed by atoms with Crippen molar-refractivity contribution in [1.29, 1.82) is 0 Å². The molecule has 0 aromatic heterocycles. The minimum absolute atomic E-state index is 0.0489. The zero-order valence-electron chi connectivity index (χ0n) is 13.4.